The van der Waals surface area contributed by atoms with Crippen molar-refractivity contribution in [2.24, 2.45) is 12.0 Å². The zero-order chi connectivity index (χ0) is 19.7. The summed E-state index contributed by atoms with van der Waals surface area (Å²) in [7, 11) is 1.43. The van der Waals surface area contributed by atoms with Crippen LogP contribution in [0, 0.1) is 0 Å². The summed E-state index contributed by atoms with van der Waals surface area (Å²) < 4.78 is 49.0. The summed E-state index contributed by atoms with van der Waals surface area (Å²) >= 11 is 0. The standard InChI is InChI=1S/C16H18F3N3O4/c1-15(2,3)25-14(24)20-13-11(22(4)21-26-13)12(23)9-5-7-10(8-6-9)16(17,18)19/h5-8,12,23H,1-4H3. The second-order valence-corrected chi connectivity index (χ2v) is 6.50. The van der Waals surface area contributed by atoms with Crippen LogP contribution in [0.4, 0.5) is 19.1 Å². The van der Waals surface area contributed by atoms with Crippen molar-refractivity contribution in [2.75, 3.05) is 0 Å². The second kappa shape index (κ2) is 6.94. The summed E-state index contributed by atoms with van der Waals surface area (Å²) in [6.45, 7) is 4.95. The molecule has 7 nitrogen and oxygen atoms in total. The van der Waals surface area contributed by atoms with Gasteiger partial charge in [-0.05, 0) is 22.4 Å². The number of aliphatic imine (C=N–C) groups is 1. The Kier molecular flexibility index (Phi) is 5.26. The van der Waals surface area contributed by atoms with Crippen molar-refractivity contribution in [3.63, 3.8) is 0 Å². The van der Waals surface area contributed by atoms with Crippen LogP contribution in [0.1, 0.15) is 43.7 Å². The van der Waals surface area contributed by atoms with Gasteiger partial charge in [0.15, 0.2) is 19.2 Å². The minimum Gasteiger partial charge on any atom is -0.594 e. The third-order valence-corrected chi connectivity index (χ3v) is 3.22. The molecule has 26 heavy (non-hydrogen) atoms. The van der Waals surface area contributed by atoms with E-state index in [9.17, 15) is 23.4 Å². The molecule has 142 valence electrons. The molecule has 1 heterocycles. The molecule has 1 N–H and O–H groups in total. The van der Waals surface area contributed by atoms with Gasteiger partial charge in [-0.15, -0.1) is 0 Å². The molecule has 0 saturated heterocycles. The van der Waals surface area contributed by atoms with Crippen molar-refractivity contribution in [1.82, 2.24) is 5.27 Å². The smallest absolute Gasteiger partial charge is 0.416 e. The zero-order valence-electron chi connectivity index (χ0n) is 14.5. The van der Waals surface area contributed by atoms with E-state index in [4.69, 9.17) is 9.26 Å². The third kappa shape index (κ3) is 4.72. The fourth-order valence-corrected chi connectivity index (χ4v) is 2.08. The summed E-state index contributed by atoms with van der Waals surface area (Å²) in [5, 5.41) is 25.8. The van der Waals surface area contributed by atoms with Gasteiger partial charge in [-0.3, -0.25) is 4.52 Å². The molecule has 1 aromatic carbocycles. The molecule has 1 atom stereocenters. The van der Waals surface area contributed by atoms with Crippen molar-refractivity contribution < 1.29 is 37.3 Å². The lowest BCUT2D eigenvalue weighted by Gasteiger charge is -2.29. The van der Waals surface area contributed by atoms with Crippen LogP contribution in [0.5, 0.6) is 0 Å². The van der Waals surface area contributed by atoms with Gasteiger partial charge in [0.25, 0.3) is 0 Å². The maximum Gasteiger partial charge on any atom is 0.416 e. The van der Waals surface area contributed by atoms with Crippen LogP contribution in [-0.2, 0) is 18.0 Å². The van der Waals surface area contributed by atoms with E-state index in [0.717, 1.165) is 28.9 Å². The summed E-state index contributed by atoms with van der Waals surface area (Å²) in [4.78, 5) is 3.62. The van der Waals surface area contributed by atoms with Gasteiger partial charge < -0.3 is 14.9 Å². The summed E-state index contributed by atoms with van der Waals surface area (Å²) in [6, 6.07) is 3.93. The first-order valence-electron chi connectivity index (χ1n) is 7.54. The summed E-state index contributed by atoms with van der Waals surface area (Å²) in [5.74, 6) is -0.297. The molecule has 0 amide bonds. The van der Waals surface area contributed by atoms with Crippen LogP contribution in [0.2, 0.25) is 0 Å². The molecule has 0 saturated carbocycles. The molecule has 0 fully saturated rings. The highest BCUT2D eigenvalue weighted by atomic mass is 19.4. The van der Waals surface area contributed by atoms with Crippen LogP contribution >= 0.6 is 0 Å². The number of aromatic nitrogens is 2. The lowest BCUT2D eigenvalue weighted by molar-refractivity contribution is -0.748. The summed E-state index contributed by atoms with van der Waals surface area (Å²) in [6.07, 6.45) is -6.84. The van der Waals surface area contributed by atoms with Crippen molar-refractivity contribution in [3.8, 4) is 0 Å². The number of alkyl halides is 3. The monoisotopic (exact) mass is 373 g/mol. The number of aliphatic hydroxyl groups is 1. The van der Waals surface area contributed by atoms with E-state index in [1.165, 1.54) is 7.05 Å². The van der Waals surface area contributed by atoms with Gasteiger partial charge in [-0.25, -0.2) is 0 Å². The normalized spacial score (nSPS) is 14.4. The first-order valence-corrected chi connectivity index (χ1v) is 7.54. The van der Waals surface area contributed by atoms with Gasteiger partial charge in [-0.1, -0.05) is 32.9 Å². The first-order chi connectivity index (χ1) is 11.9. The van der Waals surface area contributed by atoms with Gasteiger partial charge in [0.1, 0.15) is 0 Å². The maximum atomic E-state index is 12.6. The molecule has 0 aliphatic heterocycles. The highest BCUT2D eigenvalue weighted by molar-refractivity contribution is 5.66. The van der Waals surface area contributed by atoms with Crippen molar-refractivity contribution in [3.05, 3.63) is 41.1 Å². The SMILES string of the molecule is C[n+]1noc(/N=C(\[O-])OC(C)(C)C)c1C(O)c1ccc(C(F)(F)F)cc1. The van der Waals surface area contributed by atoms with Gasteiger partial charge in [0, 0.05) is 5.60 Å². The molecule has 0 aliphatic carbocycles. The quantitative estimate of drug-likeness (QED) is 0.503. The fourth-order valence-electron chi connectivity index (χ4n) is 2.08. The Bertz CT molecular complexity index is 793. The molecule has 2 aromatic rings. The zero-order valence-corrected chi connectivity index (χ0v) is 14.5. The van der Waals surface area contributed by atoms with Crippen LogP contribution in [0.25, 0.3) is 0 Å². The molecule has 0 bridgehead atoms. The van der Waals surface area contributed by atoms with Gasteiger partial charge >= 0.3 is 17.8 Å². The molecular formula is C16H18F3N3O4. The maximum absolute atomic E-state index is 12.6. The van der Waals surface area contributed by atoms with Crippen LogP contribution < -0.4 is 9.79 Å². The van der Waals surface area contributed by atoms with E-state index < -0.39 is 29.5 Å². The number of halogens is 3. The predicted molar refractivity (Wildman–Crippen MR) is 81.1 cm³/mol. The van der Waals surface area contributed by atoms with Crippen LogP contribution in [-0.4, -0.2) is 22.1 Å². The number of benzene rings is 1. The summed E-state index contributed by atoms with van der Waals surface area (Å²) in [5.41, 5.74) is -1.48. The van der Waals surface area contributed by atoms with E-state index >= 15 is 0 Å². The molecular weight excluding hydrogens is 355 g/mol. The Labute approximate surface area is 147 Å². The topological polar surface area (TPSA) is 94.8 Å². The molecule has 0 spiro atoms. The molecule has 1 unspecified atom stereocenters. The number of hydrogen-bond acceptors (Lipinski definition) is 6. The number of rotatable bonds is 3. The van der Waals surface area contributed by atoms with Crippen molar-refractivity contribution in [1.29, 1.82) is 0 Å². The molecule has 0 aliphatic rings. The minimum atomic E-state index is -4.48. The molecule has 2 rings (SSSR count). The van der Waals surface area contributed by atoms with E-state index in [0.29, 0.717) is 0 Å². The average molecular weight is 373 g/mol. The number of aliphatic hydroxyl groups excluding tert-OH is 1. The largest absolute Gasteiger partial charge is 0.594 e. The van der Waals surface area contributed by atoms with Gasteiger partial charge in [0.05, 0.1) is 5.56 Å². The fraction of sp³-hybridized carbons (Fsp3) is 0.438. The van der Waals surface area contributed by atoms with E-state index in [2.05, 4.69) is 10.3 Å². The predicted octanol–water partition coefficient (Wildman–Crippen LogP) is 1.76. The van der Waals surface area contributed by atoms with E-state index in [1.54, 1.807) is 20.8 Å². The second-order valence-electron chi connectivity index (χ2n) is 6.50. The number of ether oxygens (including phenoxy) is 1. The van der Waals surface area contributed by atoms with Crippen molar-refractivity contribution >= 4 is 12.0 Å². The lowest BCUT2D eigenvalue weighted by Crippen LogP contribution is -2.36. The molecule has 0 radical (unpaired) electrons. The van der Waals surface area contributed by atoms with E-state index in [-0.39, 0.29) is 17.1 Å². The highest BCUT2D eigenvalue weighted by Crippen LogP contribution is 2.32. The number of hydrogen-bond donors (Lipinski definition) is 1. The Morgan fingerprint density at radius 1 is 1.27 bits per heavy atom. The third-order valence-electron chi connectivity index (χ3n) is 3.22. The van der Waals surface area contributed by atoms with Gasteiger partial charge in [-0.2, -0.15) is 18.2 Å². The molecule has 1 aromatic heterocycles. The van der Waals surface area contributed by atoms with Crippen LogP contribution in [0.15, 0.2) is 33.8 Å². The average Bonchev–Trinajstić information content (AvgIpc) is 2.84. The van der Waals surface area contributed by atoms with Gasteiger partial charge in [0.2, 0.25) is 5.27 Å². The highest BCUT2D eigenvalue weighted by Gasteiger charge is 2.33. The Morgan fingerprint density at radius 2 is 1.85 bits per heavy atom. The first kappa shape index (κ1) is 19.7. The lowest BCUT2D eigenvalue weighted by atomic mass is 10.0. The minimum absolute atomic E-state index is 0.00406. The number of nitrogens with zero attached hydrogens (tertiary/aromatic N) is 3. The Balaban J connectivity index is 2.34. The Morgan fingerprint density at radius 3 is 2.35 bits per heavy atom. The molecule has 10 heteroatoms. The number of aryl methyl sites for hydroxylation is 1. The van der Waals surface area contributed by atoms with Crippen molar-refractivity contribution in [2.45, 2.75) is 38.7 Å². The Hall–Kier alpha value is -2.62. The van der Waals surface area contributed by atoms with E-state index in [1.807, 2.05) is 0 Å². The van der Waals surface area contributed by atoms with Crippen LogP contribution in [0.3, 0.4) is 0 Å².